The van der Waals surface area contributed by atoms with Crippen LogP contribution in [0.4, 0.5) is 5.69 Å². The van der Waals surface area contributed by atoms with Gasteiger partial charge in [0.15, 0.2) is 0 Å². The first-order chi connectivity index (χ1) is 12.2. The summed E-state index contributed by atoms with van der Waals surface area (Å²) < 4.78 is 0. The zero-order chi connectivity index (χ0) is 17.2. The van der Waals surface area contributed by atoms with Crippen LogP contribution in [0.1, 0.15) is 29.9 Å². The van der Waals surface area contributed by atoms with Crippen LogP contribution in [0.3, 0.4) is 0 Å². The third-order valence-corrected chi connectivity index (χ3v) is 5.37. The number of carbonyl (C=O) groups is 2. The topological polar surface area (TPSA) is 49.4 Å². The van der Waals surface area contributed by atoms with Crippen molar-refractivity contribution >= 4 is 17.5 Å². The number of nitrogens with one attached hydrogen (secondary N) is 1. The molecule has 2 aromatic carbocycles. The summed E-state index contributed by atoms with van der Waals surface area (Å²) in [5, 5.41) is 2.97. The number of fused-ring (bicyclic) bond motifs is 1. The number of piperidine rings is 1. The molecule has 0 spiro atoms. The Morgan fingerprint density at radius 1 is 0.920 bits per heavy atom. The van der Waals surface area contributed by atoms with Crippen molar-refractivity contribution in [2.75, 3.05) is 18.4 Å². The van der Waals surface area contributed by atoms with E-state index < -0.39 is 0 Å². The number of hydrogen-bond acceptors (Lipinski definition) is 2. The molecule has 0 radical (unpaired) electrons. The Kier molecular flexibility index (Phi) is 4.26. The van der Waals surface area contributed by atoms with Crippen molar-refractivity contribution in [3.63, 3.8) is 0 Å². The predicted octanol–water partition coefficient (Wildman–Crippen LogP) is 3.20. The van der Waals surface area contributed by atoms with Crippen LogP contribution in [0.5, 0.6) is 0 Å². The highest BCUT2D eigenvalue weighted by molar-refractivity contribution is 5.93. The maximum absolute atomic E-state index is 12.7. The van der Waals surface area contributed by atoms with Gasteiger partial charge in [-0.25, -0.2) is 0 Å². The molecule has 1 N–H and O–H groups in total. The molecule has 1 fully saturated rings. The second-order valence-corrected chi connectivity index (χ2v) is 6.91. The Morgan fingerprint density at radius 3 is 2.32 bits per heavy atom. The molecule has 1 aliphatic heterocycles. The van der Waals surface area contributed by atoms with Gasteiger partial charge in [-0.3, -0.25) is 9.59 Å². The van der Waals surface area contributed by atoms with Crippen LogP contribution in [-0.4, -0.2) is 29.8 Å². The number of benzene rings is 2. The van der Waals surface area contributed by atoms with E-state index in [2.05, 4.69) is 17.4 Å². The maximum Gasteiger partial charge on any atom is 0.230 e. The van der Waals surface area contributed by atoms with Crippen molar-refractivity contribution < 1.29 is 9.59 Å². The number of anilines is 1. The lowest BCUT2D eigenvalue weighted by atomic mass is 9.76. The van der Waals surface area contributed by atoms with Crippen molar-refractivity contribution in [2.24, 2.45) is 5.92 Å². The van der Waals surface area contributed by atoms with E-state index in [0.717, 1.165) is 24.9 Å². The minimum absolute atomic E-state index is 0.0158. The highest BCUT2D eigenvalue weighted by Crippen LogP contribution is 2.37. The standard InChI is InChI=1S/C21H22N2O2/c24-20(22-17-7-2-1-3-8-17)15-10-12-23(13-11-15)21(25)19-14-16-6-4-5-9-18(16)19/h1-9,15,19H,10-14H2,(H,22,24). The molecule has 128 valence electrons. The number of likely N-dealkylation sites (tertiary alicyclic amines) is 1. The molecule has 0 bridgehead atoms. The molecule has 0 aromatic heterocycles. The molecular formula is C21H22N2O2. The van der Waals surface area contributed by atoms with E-state index in [1.165, 1.54) is 11.1 Å². The van der Waals surface area contributed by atoms with Gasteiger partial charge in [-0.2, -0.15) is 0 Å². The summed E-state index contributed by atoms with van der Waals surface area (Å²) in [5.41, 5.74) is 3.30. The van der Waals surface area contributed by atoms with E-state index in [-0.39, 0.29) is 23.7 Å². The van der Waals surface area contributed by atoms with E-state index >= 15 is 0 Å². The summed E-state index contributed by atoms with van der Waals surface area (Å²) in [7, 11) is 0. The van der Waals surface area contributed by atoms with Gasteiger partial charge in [0.05, 0.1) is 5.92 Å². The summed E-state index contributed by atoms with van der Waals surface area (Å²) in [4.78, 5) is 27.1. The first kappa shape index (κ1) is 15.9. The van der Waals surface area contributed by atoms with E-state index in [1.807, 2.05) is 47.4 Å². The molecular weight excluding hydrogens is 312 g/mol. The van der Waals surface area contributed by atoms with E-state index in [4.69, 9.17) is 0 Å². The predicted molar refractivity (Wildman–Crippen MR) is 97.3 cm³/mol. The minimum atomic E-state index is -0.0158. The van der Waals surface area contributed by atoms with E-state index in [0.29, 0.717) is 13.1 Å². The van der Waals surface area contributed by atoms with Crippen molar-refractivity contribution in [2.45, 2.75) is 25.2 Å². The van der Waals surface area contributed by atoms with Crippen LogP contribution in [0, 0.1) is 5.92 Å². The molecule has 2 amide bonds. The Labute approximate surface area is 147 Å². The number of hydrogen-bond donors (Lipinski definition) is 1. The smallest absolute Gasteiger partial charge is 0.230 e. The molecule has 0 saturated carbocycles. The average molecular weight is 334 g/mol. The van der Waals surface area contributed by atoms with Gasteiger partial charge in [0.1, 0.15) is 0 Å². The maximum atomic E-state index is 12.7. The van der Waals surface area contributed by atoms with Gasteiger partial charge < -0.3 is 10.2 Å². The molecule has 2 aromatic rings. The normalized spacial score (nSPS) is 19.7. The van der Waals surface area contributed by atoms with Gasteiger partial charge >= 0.3 is 0 Å². The quantitative estimate of drug-likeness (QED) is 0.937. The minimum Gasteiger partial charge on any atom is -0.342 e. The third-order valence-electron chi connectivity index (χ3n) is 5.37. The molecule has 1 unspecified atom stereocenters. The average Bonchev–Trinajstić information content (AvgIpc) is 2.63. The van der Waals surface area contributed by atoms with Crippen molar-refractivity contribution in [1.82, 2.24) is 4.90 Å². The Hall–Kier alpha value is -2.62. The molecule has 1 aliphatic carbocycles. The zero-order valence-electron chi connectivity index (χ0n) is 14.2. The summed E-state index contributed by atoms with van der Waals surface area (Å²) in [5.74, 6) is 0.289. The lowest BCUT2D eigenvalue weighted by Gasteiger charge is -2.37. The molecule has 4 nitrogen and oxygen atoms in total. The third kappa shape index (κ3) is 3.16. The summed E-state index contributed by atoms with van der Waals surface area (Å²) in [6.45, 7) is 1.34. The Balaban J connectivity index is 1.31. The fourth-order valence-electron chi connectivity index (χ4n) is 3.83. The molecule has 25 heavy (non-hydrogen) atoms. The van der Waals surface area contributed by atoms with Gasteiger partial charge in [0.25, 0.3) is 0 Å². The number of nitrogens with zero attached hydrogens (tertiary/aromatic N) is 1. The Morgan fingerprint density at radius 2 is 1.60 bits per heavy atom. The van der Waals surface area contributed by atoms with Crippen LogP contribution in [0.15, 0.2) is 54.6 Å². The summed E-state index contributed by atoms with van der Waals surface area (Å²) in [6.07, 6.45) is 2.32. The Bertz CT molecular complexity index is 779. The first-order valence-electron chi connectivity index (χ1n) is 8.95. The molecule has 1 heterocycles. The fraction of sp³-hybridized carbons (Fsp3) is 0.333. The first-order valence-corrected chi connectivity index (χ1v) is 8.95. The molecule has 1 saturated heterocycles. The number of amides is 2. The molecule has 2 aliphatic rings. The van der Waals surface area contributed by atoms with Crippen LogP contribution >= 0.6 is 0 Å². The molecule has 1 atom stereocenters. The number of carbonyl (C=O) groups excluding carboxylic acids is 2. The SMILES string of the molecule is O=C(Nc1ccccc1)C1CCN(C(=O)C2Cc3ccccc32)CC1. The lowest BCUT2D eigenvalue weighted by molar-refractivity contribution is -0.136. The van der Waals surface area contributed by atoms with Gasteiger partial charge in [-0.05, 0) is 42.5 Å². The number of para-hydroxylation sites is 1. The zero-order valence-corrected chi connectivity index (χ0v) is 14.2. The van der Waals surface area contributed by atoms with Gasteiger partial charge in [-0.1, -0.05) is 42.5 Å². The fourth-order valence-corrected chi connectivity index (χ4v) is 3.83. The van der Waals surface area contributed by atoms with Crippen LogP contribution in [-0.2, 0) is 16.0 Å². The van der Waals surface area contributed by atoms with E-state index in [1.54, 1.807) is 0 Å². The van der Waals surface area contributed by atoms with Gasteiger partial charge in [-0.15, -0.1) is 0 Å². The van der Waals surface area contributed by atoms with Crippen molar-refractivity contribution in [3.05, 3.63) is 65.7 Å². The van der Waals surface area contributed by atoms with E-state index in [9.17, 15) is 9.59 Å². The summed E-state index contributed by atoms with van der Waals surface area (Å²) in [6, 6.07) is 17.7. The highest BCUT2D eigenvalue weighted by atomic mass is 16.2. The van der Waals surface area contributed by atoms with Crippen LogP contribution < -0.4 is 5.32 Å². The largest absolute Gasteiger partial charge is 0.342 e. The van der Waals surface area contributed by atoms with Gasteiger partial charge in [0, 0.05) is 24.7 Å². The van der Waals surface area contributed by atoms with Crippen LogP contribution in [0.25, 0.3) is 0 Å². The monoisotopic (exact) mass is 334 g/mol. The second-order valence-electron chi connectivity index (χ2n) is 6.91. The number of rotatable bonds is 3. The summed E-state index contributed by atoms with van der Waals surface area (Å²) >= 11 is 0. The molecule has 4 rings (SSSR count). The van der Waals surface area contributed by atoms with Crippen molar-refractivity contribution in [1.29, 1.82) is 0 Å². The lowest BCUT2D eigenvalue weighted by Crippen LogP contribution is -2.45. The highest BCUT2D eigenvalue weighted by Gasteiger charge is 2.36. The second kappa shape index (κ2) is 6.71. The molecule has 4 heteroatoms. The van der Waals surface area contributed by atoms with Crippen LogP contribution in [0.2, 0.25) is 0 Å². The van der Waals surface area contributed by atoms with Crippen molar-refractivity contribution in [3.8, 4) is 0 Å². The van der Waals surface area contributed by atoms with Gasteiger partial charge in [0.2, 0.25) is 11.8 Å².